The van der Waals surface area contributed by atoms with Gasteiger partial charge in [-0.2, -0.15) is 5.01 Å². The minimum Gasteiger partial charge on any atom is -0.348 e. The second-order valence-electron chi connectivity index (χ2n) is 8.49. The number of benzene rings is 3. The van der Waals surface area contributed by atoms with Crippen LogP contribution in [-0.4, -0.2) is 42.3 Å². The molecule has 4 rings (SSSR count). The molecule has 1 unspecified atom stereocenters. The lowest BCUT2D eigenvalue weighted by molar-refractivity contribution is -0.127. The van der Waals surface area contributed by atoms with E-state index >= 15 is 0 Å². The van der Waals surface area contributed by atoms with Crippen molar-refractivity contribution in [3.05, 3.63) is 93.4 Å². The van der Waals surface area contributed by atoms with E-state index in [9.17, 15) is 14.4 Å². The molecule has 3 aromatic rings. The Morgan fingerprint density at radius 3 is 1.95 bits per heavy atom. The average Bonchev–Trinajstić information content (AvgIpc) is 3.18. The predicted molar refractivity (Wildman–Crippen MR) is 161 cm³/mol. The van der Waals surface area contributed by atoms with Crippen molar-refractivity contribution in [2.24, 2.45) is 5.10 Å². The molecule has 0 fully saturated rings. The molecule has 3 amide bonds. The molecule has 0 saturated carbocycles. The van der Waals surface area contributed by atoms with E-state index in [2.05, 4.69) is 40.2 Å². The lowest BCUT2D eigenvalue weighted by atomic mass is 10.1. The van der Waals surface area contributed by atoms with Gasteiger partial charge in [0.25, 0.3) is 11.6 Å². The number of nitrogens with one attached hydrogen (secondary N) is 4. The van der Waals surface area contributed by atoms with Gasteiger partial charge in [0, 0.05) is 18.2 Å². The van der Waals surface area contributed by atoms with Crippen LogP contribution in [0.15, 0.2) is 77.9 Å². The molecule has 0 radical (unpaired) electrons. The summed E-state index contributed by atoms with van der Waals surface area (Å²) in [5.74, 6) is -1.99. The minimum absolute atomic E-state index is 0.0779. The Bertz CT molecular complexity index is 1360. The van der Waals surface area contributed by atoms with Crippen LogP contribution in [0.25, 0.3) is 0 Å². The molecule has 0 spiro atoms. The van der Waals surface area contributed by atoms with Gasteiger partial charge < -0.3 is 21.3 Å². The smallest absolute Gasteiger partial charge is 0.302 e. The third kappa shape index (κ3) is 7.31. The van der Waals surface area contributed by atoms with E-state index in [1.54, 1.807) is 60.7 Å². The minimum atomic E-state index is -1.92. The standard InChI is InChI=1S/C24H18Cl3N5O3.C4H11N/c1-14(33)29-24(30-16-8-4-2-5-9-16)22(31-32(23(24)35)17-10-6-3-7-11-17)28-21(34)15-12-18(25)20(27)19(26)13-15;1-3-5-4-2/h2-13,30H,1H3,(H,29,33)(H,28,31,34);5H,3-4H2,1-2H3. The van der Waals surface area contributed by atoms with Crippen LogP contribution in [-0.2, 0) is 9.59 Å². The molecule has 40 heavy (non-hydrogen) atoms. The third-order valence-electron chi connectivity index (χ3n) is 5.52. The summed E-state index contributed by atoms with van der Waals surface area (Å²) < 4.78 is 0. The second-order valence-corrected chi connectivity index (χ2v) is 9.68. The van der Waals surface area contributed by atoms with Crippen molar-refractivity contribution in [2.75, 3.05) is 23.4 Å². The van der Waals surface area contributed by atoms with Crippen molar-refractivity contribution in [3.8, 4) is 0 Å². The SMILES string of the molecule is CC(=O)NC1(Nc2ccccc2)C(=O)N(c2ccccc2)N=C1NC(=O)c1cc(Cl)c(Cl)c(Cl)c1.CCNCC. The van der Waals surface area contributed by atoms with Crippen LogP contribution in [0.1, 0.15) is 31.1 Å². The Balaban J connectivity index is 0.000000810. The molecule has 0 aliphatic carbocycles. The van der Waals surface area contributed by atoms with E-state index in [-0.39, 0.29) is 26.5 Å². The van der Waals surface area contributed by atoms with Gasteiger partial charge in [-0.3, -0.25) is 14.4 Å². The molecule has 12 heteroatoms. The van der Waals surface area contributed by atoms with Gasteiger partial charge in [-0.25, -0.2) is 0 Å². The fourth-order valence-corrected chi connectivity index (χ4v) is 4.31. The largest absolute Gasteiger partial charge is 0.348 e. The van der Waals surface area contributed by atoms with Crippen molar-refractivity contribution in [3.63, 3.8) is 0 Å². The average molecular weight is 604 g/mol. The Labute approximate surface area is 247 Å². The van der Waals surface area contributed by atoms with Crippen LogP contribution >= 0.6 is 34.8 Å². The van der Waals surface area contributed by atoms with E-state index in [4.69, 9.17) is 34.8 Å². The zero-order valence-corrected chi connectivity index (χ0v) is 24.4. The summed E-state index contributed by atoms with van der Waals surface area (Å²) in [6.45, 7) is 7.64. The van der Waals surface area contributed by atoms with Crippen LogP contribution in [0.4, 0.5) is 11.4 Å². The molecule has 210 valence electrons. The Kier molecular flexibility index (Phi) is 10.9. The van der Waals surface area contributed by atoms with Gasteiger partial charge in [0.1, 0.15) is 0 Å². The summed E-state index contributed by atoms with van der Waals surface area (Å²) in [7, 11) is 0. The number of amidine groups is 1. The van der Waals surface area contributed by atoms with Gasteiger partial charge in [0.05, 0.1) is 20.8 Å². The summed E-state index contributed by atoms with van der Waals surface area (Å²) in [5.41, 5.74) is -0.902. The van der Waals surface area contributed by atoms with Crippen LogP contribution in [0, 0.1) is 0 Å². The Morgan fingerprint density at radius 1 is 0.900 bits per heavy atom. The van der Waals surface area contributed by atoms with Gasteiger partial charge in [0.2, 0.25) is 5.91 Å². The highest BCUT2D eigenvalue weighted by Crippen LogP contribution is 2.32. The van der Waals surface area contributed by atoms with Crippen molar-refractivity contribution < 1.29 is 14.4 Å². The molecular formula is C28H29Cl3N6O3. The number of carbonyl (C=O) groups excluding carboxylic acids is 3. The first-order valence-corrected chi connectivity index (χ1v) is 13.5. The van der Waals surface area contributed by atoms with Crippen LogP contribution in [0.3, 0.4) is 0 Å². The van der Waals surface area contributed by atoms with Crippen molar-refractivity contribution in [1.82, 2.24) is 16.0 Å². The highest BCUT2D eigenvalue weighted by atomic mass is 35.5. The number of carbonyl (C=O) groups is 3. The first kappa shape index (κ1) is 30.9. The normalized spacial score (nSPS) is 16.0. The monoisotopic (exact) mass is 602 g/mol. The fourth-order valence-electron chi connectivity index (χ4n) is 3.72. The molecule has 0 saturated heterocycles. The molecule has 1 aliphatic rings. The molecule has 0 bridgehead atoms. The Hall–Kier alpha value is -3.63. The number of para-hydroxylation sites is 2. The number of nitrogens with zero attached hydrogens (tertiary/aromatic N) is 2. The van der Waals surface area contributed by atoms with Crippen molar-refractivity contribution in [1.29, 1.82) is 0 Å². The molecule has 1 heterocycles. The molecule has 3 aromatic carbocycles. The van der Waals surface area contributed by atoms with Gasteiger partial charge in [-0.1, -0.05) is 85.0 Å². The van der Waals surface area contributed by atoms with E-state index in [1.165, 1.54) is 19.1 Å². The topological polar surface area (TPSA) is 115 Å². The molecule has 1 aliphatic heterocycles. The lowest BCUT2D eigenvalue weighted by Crippen LogP contribution is -2.67. The number of anilines is 2. The van der Waals surface area contributed by atoms with Gasteiger partial charge in [-0.05, 0) is 49.5 Å². The van der Waals surface area contributed by atoms with E-state index in [0.29, 0.717) is 11.4 Å². The van der Waals surface area contributed by atoms with E-state index < -0.39 is 23.4 Å². The second kappa shape index (κ2) is 14.1. The molecule has 1 atom stereocenters. The predicted octanol–water partition coefficient (Wildman–Crippen LogP) is 5.30. The molecular weight excluding hydrogens is 575 g/mol. The fraction of sp³-hybridized carbons (Fsp3) is 0.214. The van der Waals surface area contributed by atoms with Gasteiger partial charge in [0.15, 0.2) is 5.84 Å². The molecule has 0 aromatic heterocycles. The Morgan fingerprint density at radius 2 is 1.45 bits per heavy atom. The van der Waals surface area contributed by atoms with Gasteiger partial charge >= 0.3 is 5.91 Å². The third-order valence-corrected chi connectivity index (χ3v) is 6.71. The molecule has 9 nitrogen and oxygen atoms in total. The highest BCUT2D eigenvalue weighted by molar-refractivity contribution is 6.48. The zero-order chi connectivity index (χ0) is 29.3. The van der Waals surface area contributed by atoms with Crippen LogP contribution in [0.2, 0.25) is 15.1 Å². The summed E-state index contributed by atoms with van der Waals surface area (Å²) in [5, 5.41) is 17.1. The zero-order valence-electron chi connectivity index (χ0n) is 22.1. The number of hydrogen-bond donors (Lipinski definition) is 4. The number of rotatable bonds is 7. The number of halogens is 3. The maximum absolute atomic E-state index is 13.8. The van der Waals surface area contributed by atoms with Crippen LogP contribution < -0.4 is 26.3 Å². The quantitative estimate of drug-likeness (QED) is 0.216. The maximum Gasteiger partial charge on any atom is 0.302 e. The number of amides is 3. The highest BCUT2D eigenvalue weighted by Gasteiger charge is 2.54. The number of hydrazone groups is 1. The summed E-state index contributed by atoms with van der Waals surface area (Å²) in [6, 6.07) is 20.0. The maximum atomic E-state index is 13.8. The van der Waals surface area contributed by atoms with Crippen LogP contribution in [0.5, 0.6) is 0 Å². The first-order chi connectivity index (χ1) is 19.1. The summed E-state index contributed by atoms with van der Waals surface area (Å²) in [4.78, 5) is 39.2. The van der Waals surface area contributed by atoms with Crippen molar-refractivity contribution in [2.45, 2.75) is 26.4 Å². The summed E-state index contributed by atoms with van der Waals surface area (Å²) >= 11 is 18.2. The van der Waals surface area contributed by atoms with Gasteiger partial charge in [-0.15, -0.1) is 5.10 Å². The first-order valence-electron chi connectivity index (χ1n) is 12.4. The van der Waals surface area contributed by atoms with E-state index in [1.807, 2.05) is 0 Å². The number of hydrogen-bond acceptors (Lipinski definition) is 6. The van der Waals surface area contributed by atoms with E-state index in [0.717, 1.165) is 18.1 Å². The lowest BCUT2D eigenvalue weighted by Gasteiger charge is -2.31. The summed E-state index contributed by atoms with van der Waals surface area (Å²) in [6.07, 6.45) is 0. The van der Waals surface area contributed by atoms with Crippen molar-refractivity contribution >= 4 is 69.7 Å². The molecule has 4 N–H and O–H groups in total.